The summed E-state index contributed by atoms with van der Waals surface area (Å²) in [4.78, 5) is 12.1. The lowest BCUT2D eigenvalue weighted by atomic mass is 10.2. The van der Waals surface area contributed by atoms with Crippen LogP contribution < -0.4 is 10.2 Å². The second-order valence-electron chi connectivity index (χ2n) is 5.02. The van der Waals surface area contributed by atoms with E-state index in [4.69, 9.17) is 9.15 Å². The third-order valence-electron chi connectivity index (χ3n) is 3.32. The molecular weight excluding hydrogens is 308 g/mol. The monoisotopic (exact) mass is 324 g/mol. The number of methoxy groups -OCH3 is 1. The Morgan fingerprint density at radius 1 is 1.33 bits per heavy atom. The third kappa shape index (κ3) is 3.35. The molecular formula is C17H16N4O3. The smallest absolute Gasteiger partial charge is 0.291 e. The van der Waals surface area contributed by atoms with Crippen LogP contribution in [-0.4, -0.2) is 29.4 Å². The molecule has 0 saturated heterocycles. The molecule has 122 valence electrons. The number of para-hydroxylation sites is 1. The number of ether oxygens (including phenoxy) is 1. The molecule has 0 unspecified atom stereocenters. The largest absolute Gasteiger partial charge is 0.496 e. The van der Waals surface area contributed by atoms with Crippen LogP contribution in [0.5, 0.6) is 5.75 Å². The quantitative estimate of drug-likeness (QED) is 0.557. The van der Waals surface area contributed by atoms with Crippen molar-refractivity contribution in [1.82, 2.24) is 15.6 Å². The van der Waals surface area contributed by atoms with Crippen LogP contribution in [0.15, 0.2) is 52.0 Å². The number of furan rings is 1. The Morgan fingerprint density at radius 3 is 2.92 bits per heavy atom. The first-order valence-corrected chi connectivity index (χ1v) is 7.26. The van der Waals surface area contributed by atoms with Gasteiger partial charge in [-0.15, -0.1) is 0 Å². The molecule has 24 heavy (non-hydrogen) atoms. The van der Waals surface area contributed by atoms with Crippen molar-refractivity contribution in [2.45, 2.75) is 6.92 Å². The number of carbonyl (C=O) groups excluding carboxylic acids is 1. The van der Waals surface area contributed by atoms with Crippen LogP contribution in [0.4, 0.5) is 0 Å². The van der Waals surface area contributed by atoms with Crippen molar-refractivity contribution < 1.29 is 13.9 Å². The number of hydrazone groups is 1. The number of aromatic nitrogens is 2. The number of nitrogens with one attached hydrogen (secondary N) is 2. The van der Waals surface area contributed by atoms with E-state index in [0.717, 1.165) is 11.3 Å². The van der Waals surface area contributed by atoms with Crippen LogP contribution in [0.2, 0.25) is 0 Å². The topological polar surface area (TPSA) is 92.5 Å². The second kappa shape index (κ2) is 6.82. The van der Waals surface area contributed by atoms with Crippen molar-refractivity contribution >= 4 is 12.1 Å². The predicted octanol–water partition coefficient (Wildman–Crippen LogP) is 2.75. The number of amides is 1. The van der Waals surface area contributed by atoms with Gasteiger partial charge in [0.2, 0.25) is 0 Å². The van der Waals surface area contributed by atoms with Crippen molar-refractivity contribution in [1.29, 1.82) is 0 Å². The maximum absolute atomic E-state index is 12.1. The first-order chi connectivity index (χ1) is 11.7. The number of aromatic amines is 1. The molecule has 3 rings (SSSR count). The van der Waals surface area contributed by atoms with E-state index in [1.807, 2.05) is 43.3 Å². The Kier molecular flexibility index (Phi) is 4.42. The highest BCUT2D eigenvalue weighted by molar-refractivity contribution is 5.94. The molecule has 2 aromatic heterocycles. The van der Waals surface area contributed by atoms with Crippen LogP contribution in [0.1, 0.15) is 21.8 Å². The highest BCUT2D eigenvalue weighted by Gasteiger charge is 2.12. The van der Waals surface area contributed by atoms with Gasteiger partial charge in [0.15, 0.2) is 11.5 Å². The maximum atomic E-state index is 12.1. The van der Waals surface area contributed by atoms with Gasteiger partial charge in [-0.3, -0.25) is 9.89 Å². The predicted molar refractivity (Wildman–Crippen MR) is 89.1 cm³/mol. The van der Waals surface area contributed by atoms with E-state index in [-0.39, 0.29) is 5.69 Å². The zero-order valence-electron chi connectivity index (χ0n) is 13.2. The maximum Gasteiger partial charge on any atom is 0.291 e. The zero-order valence-corrected chi connectivity index (χ0v) is 13.2. The molecule has 7 nitrogen and oxygen atoms in total. The number of hydrogen-bond donors (Lipinski definition) is 2. The molecule has 2 N–H and O–H groups in total. The Morgan fingerprint density at radius 2 is 2.17 bits per heavy atom. The van der Waals surface area contributed by atoms with E-state index in [1.165, 1.54) is 6.21 Å². The lowest BCUT2D eigenvalue weighted by Crippen LogP contribution is -2.18. The van der Waals surface area contributed by atoms with Crippen molar-refractivity contribution in [2.75, 3.05) is 7.11 Å². The summed E-state index contributed by atoms with van der Waals surface area (Å²) in [5.41, 5.74) is 4.03. The molecule has 0 aliphatic heterocycles. The standard InChI is InChI=1S/C17H16N4O3/c1-11-7-8-16(24-11)13-9-14(20-19-13)17(22)21-18-10-12-5-3-4-6-15(12)23-2/h3-10H,1-2H3,(H,19,20)(H,21,22)/b18-10-. The van der Waals surface area contributed by atoms with Gasteiger partial charge in [-0.2, -0.15) is 10.2 Å². The summed E-state index contributed by atoms with van der Waals surface area (Å²) in [5, 5.41) is 10.7. The van der Waals surface area contributed by atoms with E-state index < -0.39 is 5.91 Å². The molecule has 2 heterocycles. The molecule has 1 amide bonds. The van der Waals surface area contributed by atoms with Crippen molar-refractivity contribution in [3.8, 4) is 17.2 Å². The van der Waals surface area contributed by atoms with Crippen molar-refractivity contribution in [3.05, 3.63) is 59.5 Å². The van der Waals surface area contributed by atoms with E-state index in [9.17, 15) is 4.79 Å². The van der Waals surface area contributed by atoms with Gasteiger partial charge in [0.05, 0.1) is 13.3 Å². The Bertz CT molecular complexity index is 879. The highest BCUT2D eigenvalue weighted by Crippen LogP contribution is 2.20. The fraction of sp³-hybridized carbons (Fsp3) is 0.118. The van der Waals surface area contributed by atoms with Gasteiger partial charge in [0, 0.05) is 11.6 Å². The molecule has 1 aromatic carbocycles. The Hall–Kier alpha value is -3.35. The Balaban J connectivity index is 1.67. The molecule has 0 atom stereocenters. The fourth-order valence-corrected chi connectivity index (χ4v) is 2.13. The SMILES string of the molecule is COc1ccccc1/C=N\NC(=O)c1cc(-c2ccc(C)o2)[nH]n1. The highest BCUT2D eigenvalue weighted by atomic mass is 16.5. The molecule has 0 aliphatic carbocycles. The molecule has 0 fully saturated rings. The van der Waals surface area contributed by atoms with Crippen LogP contribution in [0.3, 0.4) is 0 Å². The van der Waals surface area contributed by atoms with Gasteiger partial charge in [-0.05, 0) is 31.2 Å². The molecule has 0 saturated carbocycles. The summed E-state index contributed by atoms with van der Waals surface area (Å²) >= 11 is 0. The van der Waals surface area contributed by atoms with Crippen LogP contribution in [0, 0.1) is 6.92 Å². The van der Waals surface area contributed by atoms with Gasteiger partial charge in [0.25, 0.3) is 5.91 Å². The number of hydrogen-bond acceptors (Lipinski definition) is 5. The first-order valence-electron chi connectivity index (χ1n) is 7.26. The lowest BCUT2D eigenvalue weighted by Gasteiger charge is -2.02. The number of nitrogens with zero attached hydrogens (tertiary/aromatic N) is 2. The summed E-state index contributed by atoms with van der Waals surface area (Å²) in [7, 11) is 1.58. The summed E-state index contributed by atoms with van der Waals surface area (Å²) in [6.45, 7) is 1.85. The summed E-state index contributed by atoms with van der Waals surface area (Å²) in [6.07, 6.45) is 1.51. The van der Waals surface area contributed by atoms with Gasteiger partial charge >= 0.3 is 0 Å². The number of rotatable bonds is 5. The summed E-state index contributed by atoms with van der Waals surface area (Å²) in [6, 6.07) is 12.6. The van der Waals surface area contributed by atoms with Crippen LogP contribution >= 0.6 is 0 Å². The minimum Gasteiger partial charge on any atom is -0.496 e. The summed E-state index contributed by atoms with van der Waals surface area (Å²) < 4.78 is 10.7. The molecule has 0 aliphatic rings. The molecule has 0 bridgehead atoms. The van der Waals surface area contributed by atoms with Crippen molar-refractivity contribution in [2.24, 2.45) is 5.10 Å². The van der Waals surface area contributed by atoms with Gasteiger partial charge in [0.1, 0.15) is 17.2 Å². The lowest BCUT2D eigenvalue weighted by molar-refractivity contribution is 0.0950. The summed E-state index contributed by atoms with van der Waals surface area (Å²) in [5.74, 6) is 1.65. The average Bonchev–Trinajstić information content (AvgIpc) is 3.24. The minimum atomic E-state index is -0.424. The van der Waals surface area contributed by atoms with E-state index >= 15 is 0 Å². The number of carbonyl (C=O) groups is 1. The third-order valence-corrected chi connectivity index (χ3v) is 3.32. The van der Waals surface area contributed by atoms with Crippen LogP contribution in [0.25, 0.3) is 11.5 Å². The molecule has 0 radical (unpaired) electrons. The van der Waals surface area contributed by atoms with Crippen LogP contribution in [-0.2, 0) is 0 Å². The van der Waals surface area contributed by atoms with Gasteiger partial charge in [-0.25, -0.2) is 5.43 Å². The van der Waals surface area contributed by atoms with E-state index in [2.05, 4.69) is 20.7 Å². The van der Waals surface area contributed by atoms with E-state index in [1.54, 1.807) is 13.2 Å². The Labute approximate surface area is 138 Å². The van der Waals surface area contributed by atoms with Gasteiger partial charge in [-0.1, -0.05) is 12.1 Å². The van der Waals surface area contributed by atoms with Gasteiger partial charge < -0.3 is 9.15 Å². The molecule has 7 heteroatoms. The molecule has 0 spiro atoms. The number of H-pyrrole nitrogens is 1. The normalized spacial score (nSPS) is 10.9. The molecule has 3 aromatic rings. The first kappa shape index (κ1) is 15.5. The minimum absolute atomic E-state index is 0.219. The number of aryl methyl sites for hydroxylation is 1. The second-order valence-corrected chi connectivity index (χ2v) is 5.02. The zero-order chi connectivity index (χ0) is 16.9. The average molecular weight is 324 g/mol. The van der Waals surface area contributed by atoms with Crippen molar-refractivity contribution in [3.63, 3.8) is 0 Å². The van der Waals surface area contributed by atoms with E-state index in [0.29, 0.717) is 17.2 Å². The number of benzene rings is 1. The fourth-order valence-electron chi connectivity index (χ4n) is 2.13.